The smallest absolute Gasteiger partial charge is 0.224 e. The first-order valence-electron chi connectivity index (χ1n) is 6.07. The van der Waals surface area contributed by atoms with Crippen LogP contribution in [0.15, 0.2) is 18.2 Å². The Morgan fingerprint density at radius 1 is 1.24 bits per heavy atom. The van der Waals surface area contributed by atoms with E-state index in [9.17, 15) is 4.79 Å². The summed E-state index contributed by atoms with van der Waals surface area (Å²) in [5.74, 6) is 0.0474. The maximum atomic E-state index is 11.6. The summed E-state index contributed by atoms with van der Waals surface area (Å²) in [7, 11) is 0. The van der Waals surface area contributed by atoms with Gasteiger partial charge in [0.25, 0.3) is 0 Å². The molecular formula is C14H21NO2. The highest BCUT2D eigenvalue weighted by Gasteiger charge is 2.03. The fourth-order valence-electron chi connectivity index (χ4n) is 1.63. The lowest BCUT2D eigenvalue weighted by Gasteiger charge is -2.06. The van der Waals surface area contributed by atoms with Crippen molar-refractivity contribution >= 4 is 5.91 Å². The Labute approximate surface area is 103 Å². The van der Waals surface area contributed by atoms with Gasteiger partial charge in [-0.05, 0) is 43.4 Å². The van der Waals surface area contributed by atoms with Crippen LogP contribution >= 0.6 is 0 Å². The van der Waals surface area contributed by atoms with Crippen LogP contribution < -0.4 is 5.32 Å². The average Bonchev–Trinajstić information content (AvgIpc) is 2.30. The van der Waals surface area contributed by atoms with Gasteiger partial charge in [0.05, 0.1) is 6.42 Å². The van der Waals surface area contributed by atoms with Crippen LogP contribution in [-0.4, -0.2) is 24.2 Å². The number of hydrogen-bond donors (Lipinski definition) is 2. The second-order valence-electron chi connectivity index (χ2n) is 4.38. The van der Waals surface area contributed by atoms with Crippen molar-refractivity contribution < 1.29 is 9.90 Å². The van der Waals surface area contributed by atoms with E-state index in [1.54, 1.807) is 0 Å². The van der Waals surface area contributed by atoms with E-state index in [4.69, 9.17) is 5.11 Å². The number of benzene rings is 1. The Bertz CT molecular complexity index is 374. The number of hydrogen-bond acceptors (Lipinski definition) is 2. The molecule has 1 aromatic carbocycles. The molecule has 0 spiro atoms. The number of carbonyl (C=O) groups excluding carboxylic acids is 1. The zero-order valence-corrected chi connectivity index (χ0v) is 10.6. The summed E-state index contributed by atoms with van der Waals surface area (Å²) in [5, 5.41) is 11.5. The van der Waals surface area contributed by atoms with Crippen LogP contribution in [0.25, 0.3) is 0 Å². The molecule has 0 saturated heterocycles. The van der Waals surface area contributed by atoms with Gasteiger partial charge in [0.15, 0.2) is 0 Å². The zero-order valence-electron chi connectivity index (χ0n) is 10.6. The summed E-state index contributed by atoms with van der Waals surface area (Å²) in [6.07, 6.45) is 2.00. The van der Waals surface area contributed by atoms with E-state index < -0.39 is 0 Å². The maximum absolute atomic E-state index is 11.6. The molecule has 2 N–H and O–H groups in total. The summed E-state index contributed by atoms with van der Waals surface area (Å²) in [6.45, 7) is 4.95. The normalized spacial score (nSPS) is 10.3. The predicted molar refractivity (Wildman–Crippen MR) is 68.9 cm³/mol. The van der Waals surface area contributed by atoms with Crippen molar-refractivity contribution in [3.8, 4) is 0 Å². The summed E-state index contributed by atoms with van der Waals surface area (Å²) in [5.41, 5.74) is 3.51. The first-order chi connectivity index (χ1) is 8.13. The molecule has 3 nitrogen and oxygen atoms in total. The van der Waals surface area contributed by atoms with Crippen molar-refractivity contribution in [2.24, 2.45) is 0 Å². The van der Waals surface area contributed by atoms with E-state index in [1.165, 1.54) is 11.1 Å². The molecule has 1 rings (SSSR count). The first-order valence-corrected chi connectivity index (χ1v) is 6.07. The van der Waals surface area contributed by atoms with Crippen molar-refractivity contribution in [3.63, 3.8) is 0 Å². The SMILES string of the molecule is Cc1ccc(CC(=O)NCCCCO)cc1C. The quantitative estimate of drug-likeness (QED) is 0.738. The number of aryl methyl sites for hydroxylation is 2. The minimum absolute atomic E-state index is 0.0474. The van der Waals surface area contributed by atoms with Crippen LogP contribution in [0, 0.1) is 13.8 Å². The Morgan fingerprint density at radius 3 is 2.65 bits per heavy atom. The van der Waals surface area contributed by atoms with Gasteiger partial charge < -0.3 is 10.4 Å². The average molecular weight is 235 g/mol. The van der Waals surface area contributed by atoms with Gasteiger partial charge in [-0.1, -0.05) is 18.2 Å². The van der Waals surface area contributed by atoms with Gasteiger partial charge in [-0.3, -0.25) is 4.79 Å². The number of rotatable bonds is 6. The molecule has 0 aliphatic carbocycles. The largest absolute Gasteiger partial charge is 0.396 e. The molecule has 0 saturated carbocycles. The van der Waals surface area contributed by atoms with E-state index in [0.717, 1.165) is 18.4 Å². The van der Waals surface area contributed by atoms with Gasteiger partial charge in [-0.2, -0.15) is 0 Å². The molecule has 0 atom stereocenters. The van der Waals surface area contributed by atoms with Crippen molar-refractivity contribution in [1.82, 2.24) is 5.32 Å². The molecule has 0 heterocycles. The van der Waals surface area contributed by atoms with Crippen LogP contribution in [-0.2, 0) is 11.2 Å². The zero-order chi connectivity index (χ0) is 12.7. The topological polar surface area (TPSA) is 49.3 Å². The van der Waals surface area contributed by atoms with Gasteiger partial charge in [0.1, 0.15) is 0 Å². The molecule has 0 aliphatic rings. The fourth-order valence-corrected chi connectivity index (χ4v) is 1.63. The number of amides is 1. The fraction of sp³-hybridized carbons (Fsp3) is 0.500. The number of nitrogens with one attached hydrogen (secondary N) is 1. The number of unbranched alkanes of at least 4 members (excludes halogenated alkanes) is 1. The van der Waals surface area contributed by atoms with Gasteiger partial charge in [0, 0.05) is 13.2 Å². The molecular weight excluding hydrogens is 214 g/mol. The predicted octanol–water partition coefficient (Wildman–Crippen LogP) is 1.73. The van der Waals surface area contributed by atoms with E-state index in [2.05, 4.69) is 25.2 Å². The molecule has 0 unspecified atom stereocenters. The third kappa shape index (κ3) is 5.00. The van der Waals surface area contributed by atoms with Crippen molar-refractivity contribution in [1.29, 1.82) is 0 Å². The summed E-state index contributed by atoms with van der Waals surface area (Å²) in [4.78, 5) is 11.6. The third-order valence-electron chi connectivity index (χ3n) is 2.84. The molecule has 1 amide bonds. The van der Waals surface area contributed by atoms with E-state index in [1.807, 2.05) is 12.1 Å². The summed E-state index contributed by atoms with van der Waals surface area (Å²) < 4.78 is 0. The highest BCUT2D eigenvalue weighted by Crippen LogP contribution is 2.10. The van der Waals surface area contributed by atoms with Crippen LogP contribution in [0.4, 0.5) is 0 Å². The van der Waals surface area contributed by atoms with Crippen molar-refractivity contribution in [2.45, 2.75) is 33.1 Å². The second kappa shape index (κ2) is 7.07. The minimum atomic E-state index is 0.0474. The third-order valence-corrected chi connectivity index (χ3v) is 2.84. The highest BCUT2D eigenvalue weighted by molar-refractivity contribution is 5.78. The molecule has 3 heteroatoms. The van der Waals surface area contributed by atoms with Gasteiger partial charge in [0.2, 0.25) is 5.91 Å². The van der Waals surface area contributed by atoms with Crippen molar-refractivity contribution in [3.05, 3.63) is 34.9 Å². The van der Waals surface area contributed by atoms with E-state index >= 15 is 0 Å². The lowest BCUT2D eigenvalue weighted by atomic mass is 10.0. The number of aliphatic hydroxyl groups excluding tert-OH is 1. The molecule has 0 radical (unpaired) electrons. The summed E-state index contributed by atoms with van der Waals surface area (Å²) in [6, 6.07) is 6.10. The monoisotopic (exact) mass is 235 g/mol. The Hall–Kier alpha value is -1.35. The molecule has 0 fully saturated rings. The van der Waals surface area contributed by atoms with Crippen LogP contribution in [0.3, 0.4) is 0 Å². The van der Waals surface area contributed by atoms with Crippen molar-refractivity contribution in [2.75, 3.05) is 13.2 Å². The molecule has 94 valence electrons. The molecule has 0 bridgehead atoms. The number of aliphatic hydroxyl groups is 1. The van der Waals surface area contributed by atoms with Crippen LogP contribution in [0.1, 0.15) is 29.5 Å². The molecule has 0 aliphatic heterocycles. The van der Waals surface area contributed by atoms with E-state index in [0.29, 0.717) is 13.0 Å². The molecule has 1 aromatic rings. The maximum Gasteiger partial charge on any atom is 0.224 e. The summed E-state index contributed by atoms with van der Waals surface area (Å²) >= 11 is 0. The molecule has 17 heavy (non-hydrogen) atoms. The second-order valence-corrected chi connectivity index (χ2v) is 4.38. The lowest BCUT2D eigenvalue weighted by Crippen LogP contribution is -2.26. The molecule has 0 aromatic heterocycles. The standard InChI is InChI=1S/C14H21NO2/c1-11-5-6-13(9-12(11)2)10-14(17)15-7-3-4-8-16/h5-6,9,16H,3-4,7-8,10H2,1-2H3,(H,15,17). The van der Waals surface area contributed by atoms with Gasteiger partial charge >= 0.3 is 0 Å². The Balaban J connectivity index is 2.37. The first kappa shape index (κ1) is 13.7. The Morgan fingerprint density at radius 2 is 2.00 bits per heavy atom. The van der Waals surface area contributed by atoms with Crippen LogP contribution in [0.2, 0.25) is 0 Å². The van der Waals surface area contributed by atoms with Gasteiger partial charge in [-0.25, -0.2) is 0 Å². The van der Waals surface area contributed by atoms with E-state index in [-0.39, 0.29) is 12.5 Å². The highest BCUT2D eigenvalue weighted by atomic mass is 16.2. The minimum Gasteiger partial charge on any atom is -0.396 e. The Kier molecular flexibility index (Phi) is 5.70. The lowest BCUT2D eigenvalue weighted by molar-refractivity contribution is -0.120. The number of carbonyl (C=O) groups is 1. The van der Waals surface area contributed by atoms with Crippen LogP contribution in [0.5, 0.6) is 0 Å². The van der Waals surface area contributed by atoms with Gasteiger partial charge in [-0.15, -0.1) is 0 Å².